The van der Waals surface area contributed by atoms with Crippen molar-refractivity contribution < 1.29 is 14.4 Å². The van der Waals surface area contributed by atoms with Crippen molar-refractivity contribution in [2.45, 2.75) is 89.1 Å². The van der Waals surface area contributed by atoms with Crippen molar-refractivity contribution in [3.05, 3.63) is 34.2 Å². The first-order valence-electron chi connectivity index (χ1n) is 14.4. The van der Waals surface area contributed by atoms with Gasteiger partial charge >= 0.3 is 5.69 Å². The monoisotopic (exact) mass is 523 g/mol. The predicted molar refractivity (Wildman–Crippen MR) is 145 cm³/mol. The Morgan fingerprint density at radius 3 is 2.47 bits per heavy atom. The van der Waals surface area contributed by atoms with E-state index in [0.29, 0.717) is 18.3 Å². The number of nitrogens with one attached hydrogen (secondary N) is 1. The van der Waals surface area contributed by atoms with Gasteiger partial charge < -0.3 is 10.6 Å². The molecule has 3 fully saturated rings. The normalized spacial score (nSPS) is 22.6. The second-order valence-electron chi connectivity index (χ2n) is 11.6. The molecule has 0 radical (unpaired) electrons. The number of imidazole rings is 1. The molecule has 1 aliphatic carbocycles. The van der Waals surface area contributed by atoms with Gasteiger partial charge in [0.1, 0.15) is 6.04 Å². The van der Waals surface area contributed by atoms with E-state index in [-0.39, 0.29) is 30.0 Å². The summed E-state index contributed by atoms with van der Waals surface area (Å²) in [4.78, 5) is 51.9. The molecule has 2 atom stereocenters. The Balaban J connectivity index is 1.14. The van der Waals surface area contributed by atoms with E-state index in [1.807, 2.05) is 23.1 Å². The summed E-state index contributed by atoms with van der Waals surface area (Å²) in [7, 11) is 1.73. The fourth-order valence-corrected chi connectivity index (χ4v) is 6.74. The van der Waals surface area contributed by atoms with Crippen molar-refractivity contribution >= 4 is 28.8 Å². The first-order chi connectivity index (χ1) is 18.3. The predicted octanol–water partition coefficient (Wildman–Crippen LogP) is 2.79. The maximum Gasteiger partial charge on any atom is 0.329 e. The Morgan fingerprint density at radius 2 is 1.76 bits per heavy atom. The molecule has 0 bridgehead atoms. The van der Waals surface area contributed by atoms with E-state index in [4.69, 9.17) is 5.73 Å². The average Bonchev–Trinajstić information content (AvgIpc) is 3.18. The smallest absolute Gasteiger partial charge is 0.329 e. The molecule has 1 aromatic heterocycles. The Labute approximate surface area is 223 Å². The molecule has 206 valence electrons. The summed E-state index contributed by atoms with van der Waals surface area (Å²) in [6, 6.07) is 5.02. The molecule has 38 heavy (non-hydrogen) atoms. The number of fused-ring (bicyclic) bond motifs is 1. The van der Waals surface area contributed by atoms with Crippen molar-refractivity contribution in [1.82, 2.24) is 19.4 Å². The number of hydrogen-bond donors (Lipinski definition) is 2. The van der Waals surface area contributed by atoms with Crippen LogP contribution in [-0.4, -0.2) is 50.9 Å². The van der Waals surface area contributed by atoms with Crippen molar-refractivity contribution in [2.24, 2.45) is 24.6 Å². The van der Waals surface area contributed by atoms with Gasteiger partial charge in [0.05, 0.1) is 17.1 Å². The number of imide groups is 1. The quantitative estimate of drug-likeness (QED) is 0.541. The number of carbonyl (C=O) groups excluding carboxylic acids is 3. The van der Waals surface area contributed by atoms with E-state index < -0.39 is 11.9 Å². The molecule has 2 saturated heterocycles. The van der Waals surface area contributed by atoms with Crippen LogP contribution in [0.2, 0.25) is 0 Å². The average molecular weight is 524 g/mol. The van der Waals surface area contributed by atoms with E-state index in [1.54, 1.807) is 11.6 Å². The summed E-state index contributed by atoms with van der Waals surface area (Å²) in [5.41, 5.74) is 8.82. The first-order valence-corrected chi connectivity index (χ1v) is 14.4. The number of carbonyl (C=O) groups is 3. The van der Waals surface area contributed by atoms with Crippen LogP contribution in [0.4, 0.5) is 0 Å². The number of nitrogens with zero attached hydrogens (tertiary/aromatic N) is 3. The highest BCUT2D eigenvalue weighted by molar-refractivity contribution is 6.00. The Bertz CT molecular complexity index is 1250. The molecule has 3 amide bonds. The molecule has 2 aromatic rings. The van der Waals surface area contributed by atoms with Crippen LogP contribution < -0.4 is 16.7 Å². The lowest BCUT2D eigenvalue weighted by atomic mass is 9.83. The highest BCUT2D eigenvalue weighted by Gasteiger charge is 2.32. The molecule has 3 heterocycles. The molecule has 1 saturated carbocycles. The van der Waals surface area contributed by atoms with E-state index in [1.165, 1.54) is 29.4 Å². The highest BCUT2D eigenvalue weighted by Crippen LogP contribution is 2.29. The minimum absolute atomic E-state index is 0.151. The SMILES string of the molecule is Cn1c(=O)n(C2CCC(=O)NC2=O)c2ccc(CCCC3CCN(C(=O)C(N)C4CCCCC4)CC3)cc21. The van der Waals surface area contributed by atoms with Gasteiger partial charge in [-0.25, -0.2) is 4.79 Å². The van der Waals surface area contributed by atoms with Gasteiger partial charge in [-0.2, -0.15) is 0 Å². The lowest BCUT2D eigenvalue weighted by Crippen LogP contribution is -2.50. The van der Waals surface area contributed by atoms with Gasteiger partial charge in [-0.05, 0) is 80.9 Å². The third kappa shape index (κ3) is 5.44. The van der Waals surface area contributed by atoms with Gasteiger partial charge in [0, 0.05) is 26.6 Å². The molecule has 3 N–H and O–H groups in total. The molecule has 9 nitrogen and oxygen atoms in total. The van der Waals surface area contributed by atoms with Crippen molar-refractivity contribution in [3.8, 4) is 0 Å². The maximum atomic E-state index is 13.0. The van der Waals surface area contributed by atoms with Crippen LogP contribution in [0, 0.1) is 11.8 Å². The topological polar surface area (TPSA) is 119 Å². The fourth-order valence-electron chi connectivity index (χ4n) is 6.74. The van der Waals surface area contributed by atoms with Crippen LogP contribution >= 0.6 is 0 Å². The Kier molecular flexibility index (Phi) is 8.02. The number of piperidine rings is 2. The van der Waals surface area contributed by atoms with Gasteiger partial charge in [0.15, 0.2) is 0 Å². The Hall–Kier alpha value is -2.94. The van der Waals surface area contributed by atoms with Crippen molar-refractivity contribution in [1.29, 1.82) is 0 Å². The van der Waals surface area contributed by atoms with Crippen molar-refractivity contribution in [2.75, 3.05) is 13.1 Å². The molecule has 2 unspecified atom stereocenters. The highest BCUT2D eigenvalue weighted by atomic mass is 16.2. The lowest BCUT2D eigenvalue weighted by molar-refractivity contribution is -0.136. The summed E-state index contributed by atoms with van der Waals surface area (Å²) in [6.07, 6.45) is 11.6. The maximum absolute atomic E-state index is 13.0. The van der Waals surface area contributed by atoms with Crippen LogP contribution in [-0.2, 0) is 27.9 Å². The molecule has 2 aliphatic heterocycles. The number of rotatable bonds is 7. The summed E-state index contributed by atoms with van der Waals surface area (Å²) in [5, 5.41) is 2.35. The Morgan fingerprint density at radius 1 is 1.03 bits per heavy atom. The van der Waals surface area contributed by atoms with Gasteiger partial charge in [0.2, 0.25) is 17.7 Å². The van der Waals surface area contributed by atoms with Gasteiger partial charge in [-0.1, -0.05) is 25.3 Å². The zero-order valence-corrected chi connectivity index (χ0v) is 22.5. The molecule has 0 spiro atoms. The largest absolute Gasteiger partial charge is 0.341 e. The number of likely N-dealkylation sites (tertiary alicyclic amines) is 1. The van der Waals surface area contributed by atoms with Crippen LogP contribution in [0.25, 0.3) is 11.0 Å². The van der Waals surface area contributed by atoms with Gasteiger partial charge in [0.25, 0.3) is 0 Å². The zero-order chi connectivity index (χ0) is 26.8. The number of aryl methyl sites for hydroxylation is 2. The number of amides is 3. The third-order valence-electron chi connectivity index (χ3n) is 9.12. The second-order valence-corrected chi connectivity index (χ2v) is 11.6. The third-order valence-corrected chi connectivity index (χ3v) is 9.12. The van der Waals surface area contributed by atoms with E-state index >= 15 is 0 Å². The number of hydrogen-bond acceptors (Lipinski definition) is 5. The van der Waals surface area contributed by atoms with E-state index in [2.05, 4.69) is 5.32 Å². The molecule has 3 aliphatic rings. The van der Waals surface area contributed by atoms with Crippen molar-refractivity contribution in [3.63, 3.8) is 0 Å². The fraction of sp³-hybridized carbons (Fsp3) is 0.655. The number of benzene rings is 1. The number of aromatic nitrogens is 2. The summed E-state index contributed by atoms with van der Waals surface area (Å²) in [5.74, 6) is 0.419. The van der Waals surface area contributed by atoms with Crippen LogP contribution in [0.5, 0.6) is 0 Å². The molecule has 9 heteroatoms. The standard InChI is InChI=1S/C29H41N5O4/c1-32-24-18-20(10-11-22(24)34(29(32)38)23-12-13-25(35)31-27(23)36)7-5-6-19-14-16-33(17-15-19)28(37)26(30)21-8-3-2-4-9-21/h10-11,18-19,21,23,26H,2-9,12-17,30H2,1H3,(H,31,35,36). The molecule has 5 rings (SSSR count). The number of nitrogens with two attached hydrogens (primary N) is 1. The summed E-state index contributed by atoms with van der Waals surface area (Å²) >= 11 is 0. The molecule has 1 aromatic carbocycles. The summed E-state index contributed by atoms with van der Waals surface area (Å²) < 4.78 is 3.11. The molecular formula is C29H41N5O4. The summed E-state index contributed by atoms with van der Waals surface area (Å²) in [6.45, 7) is 1.62. The van der Waals surface area contributed by atoms with Crippen LogP contribution in [0.3, 0.4) is 0 Å². The second kappa shape index (κ2) is 11.4. The minimum Gasteiger partial charge on any atom is -0.341 e. The van der Waals surface area contributed by atoms with Gasteiger partial charge in [-0.15, -0.1) is 0 Å². The lowest BCUT2D eigenvalue weighted by Gasteiger charge is -2.36. The molecular weight excluding hydrogens is 482 g/mol. The first kappa shape index (κ1) is 26.7. The van der Waals surface area contributed by atoms with Gasteiger partial charge in [-0.3, -0.25) is 28.8 Å². The van der Waals surface area contributed by atoms with Crippen LogP contribution in [0.1, 0.15) is 82.2 Å². The zero-order valence-electron chi connectivity index (χ0n) is 22.5. The van der Waals surface area contributed by atoms with E-state index in [9.17, 15) is 19.2 Å². The van der Waals surface area contributed by atoms with Crippen LogP contribution in [0.15, 0.2) is 23.0 Å². The van der Waals surface area contributed by atoms with E-state index in [0.717, 1.165) is 69.1 Å². The minimum atomic E-state index is -0.662.